The molecule has 2 heterocycles. The minimum atomic E-state index is -4.85. The highest BCUT2D eigenvalue weighted by atomic mass is 19.4. The molecule has 7 nitrogen and oxygen atoms in total. The second kappa shape index (κ2) is 6.52. The zero-order chi connectivity index (χ0) is 19.9. The average Bonchev–Trinajstić information content (AvgIpc) is 2.93. The molecule has 3 rings (SSSR count). The lowest BCUT2D eigenvalue weighted by atomic mass is 10.1. The monoisotopic (exact) mass is 390 g/mol. The van der Waals surface area contributed by atoms with Gasteiger partial charge in [0.05, 0.1) is 6.04 Å². The summed E-state index contributed by atoms with van der Waals surface area (Å²) in [4.78, 5) is 27.5. The van der Waals surface area contributed by atoms with Gasteiger partial charge in [0.15, 0.2) is 0 Å². The van der Waals surface area contributed by atoms with Gasteiger partial charge in [-0.15, -0.1) is 13.2 Å². The van der Waals surface area contributed by atoms with Crippen LogP contribution in [-0.4, -0.2) is 26.1 Å². The van der Waals surface area contributed by atoms with Gasteiger partial charge in [0.2, 0.25) is 0 Å². The van der Waals surface area contributed by atoms with Gasteiger partial charge in [-0.25, -0.2) is 18.3 Å². The Labute approximate surface area is 146 Å². The van der Waals surface area contributed by atoms with Crippen LogP contribution in [0.1, 0.15) is 30.6 Å². The lowest BCUT2D eigenvalue weighted by Gasteiger charge is -2.15. The lowest BCUT2D eigenvalue weighted by molar-refractivity contribution is -0.274. The highest BCUT2D eigenvalue weighted by molar-refractivity contribution is 5.77. The summed E-state index contributed by atoms with van der Waals surface area (Å²) in [7, 11) is 0. The Morgan fingerprint density at radius 2 is 1.74 bits per heavy atom. The maximum Gasteiger partial charge on any atom is 0.573 e. The van der Waals surface area contributed by atoms with Gasteiger partial charge in [0.1, 0.15) is 22.5 Å². The SMILES string of the molecule is C[C@H](c1ccc(OC(F)(F)F)cc1)n1nc(C(F)F)c2c(=O)[nH]c(=O)[nH]c21. The molecule has 1 aromatic carbocycles. The molecule has 0 aliphatic carbocycles. The Morgan fingerprint density at radius 1 is 1.11 bits per heavy atom. The lowest BCUT2D eigenvalue weighted by Crippen LogP contribution is -2.23. The third-order valence-electron chi connectivity index (χ3n) is 3.79. The van der Waals surface area contributed by atoms with Gasteiger partial charge >= 0.3 is 12.1 Å². The maximum atomic E-state index is 13.2. The average molecular weight is 390 g/mol. The molecular weight excluding hydrogens is 379 g/mol. The molecule has 0 unspecified atom stereocenters. The molecule has 0 radical (unpaired) electrons. The van der Waals surface area contributed by atoms with E-state index in [0.717, 1.165) is 16.8 Å². The molecule has 0 fully saturated rings. The first-order chi connectivity index (χ1) is 12.6. The van der Waals surface area contributed by atoms with E-state index in [1.165, 1.54) is 19.1 Å². The summed E-state index contributed by atoms with van der Waals surface area (Å²) in [6.07, 6.45) is -7.92. The molecule has 27 heavy (non-hydrogen) atoms. The third-order valence-corrected chi connectivity index (χ3v) is 3.79. The van der Waals surface area contributed by atoms with Crippen molar-refractivity contribution >= 4 is 11.0 Å². The molecule has 1 atom stereocenters. The molecule has 2 aromatic heterocycles. The van der Waals surface area contributed by atoms with Gasteiger partial charge in [0.25, 0.3) is 12.0 Å². The number of aromatic nitrogens is 4. The van der Waals surface area contributed by atoms with E-state index in [1.54, 1.807) is 0 Å². The second-order valence-electron chi connectivity index (χ2n) is 5.56. The van der Waals surface area contributed by atoms with Crippen LogP contribution in [0.3, 0.4) is 0 Å². The van der Waals surface area contributed by atoms with Crippen molar-refractivity contribution < 1.29 is 26.7 Å². The Hall–Kier alpha value is -3.18. The van der Waals surface area contributed by atoms with E-state index in [-0.39, 0.29) is 5.65 Å². The van der Waals surface area contributed by atoms with Crippen LogP contribution in [0, 0.1) is 0 Å². The molecule has 12 heteroatoms. The number of hydrogen-bond donors (Lipinski definition) is 2. The largest absolute Gasteiger partial charge is 0.573 e. The number of hydrogen-bond acceptors (Lipinski definition) is 4. The number of ether oxygens (including phenoxy) is 1. The maximum absolute atomic E-state index is 13.2. The van der Waals surface area contributed by atoms with Crippen molar-refractivity contribution in [1.82, 2.24) is 19.7 Å². The topological polar surface area (TPSA) is 92.8 Å². The first-order valence-corrected chi connectivity index (χ1v) is 7.45. The van der Waals surface area contributed by atoms with Crippen LogP contribution in [0.15, 0.2) is 33.9 Å². The summed E-state index contributed by atoms with van der Waals surface area (Å²) in [5.74, 6) is -0.457. The summed E-state index contributed by atoms with van der Waals surface area (Å²) in [5.41, 5.74) is -2.57. The molecule has 144 valence electrons. The zero-order valence-corrected chi connectivity index (χ0v) is 13.5. The number of fused-ring (bicyclic) bond motifs is 1. The van der Waals surface area contributed by atoms with E-state index in [9.17, 15) is 31.5 Å². The van der Waals surface area contributed by atoms with E-state index < -0.39 is 46.9 Å². The van der Waals surface area contributed by atoms with Crippen LogP contribution in [0.25, 0.3) is 11.0 Å². The van der Waals surface area contributed by atoms with Crippen molar-refractivity contribution in [3.05, 3.63) is 56.4 Å². The Bertz CT molecular complexity index is 1080. The normalized spacial score (nSPS) is 13.3. The number of aromatic amines is 2. The predicted molar refractivity (Wildman–Crippen MR) is 82.9 cm³/mol. The van der Waals surface area contributed by atoms with Crippen molar-refractivity contribution in [3.63, 3.8) is 0 Å². The van der Waals surface area contributed by atoms with Gasteiger partial charge in [-0.2, -0.15) is 5.10 Å². The summed E-state index contributed by atoms with van der Waals surface area (Å²) in [5, 5.41) is 3.25. The molecule has 0 saturated carbocycles. The van der Waals surface area contributed by atoms with Crippen LogP contribution in [-0.2, 0) is 0 Å². The summed E-state index contributed by atoms with van der Waals surface area (Å²) in [6, 6.07) is 3.89. The van der Waals surface area contributed by atoms with E-state index in [0.29, 0.717) is 5.56 Å². The molecule has 3 aromatic rings. The zero-order valence-electron chi connectivity index (χ0n) is 13.5. The highest BCUT2D eigenvalue weighted by Gasteiger charge is 2.31. The fraction of sp³-hybridized carbons (Fsp3) is 0.267. The van der Waals surface area contributed by atoms with Crippen molar-refractivity contribution in [2.75, 3.05) is 0 Å². The van der Waals surface area contributed by atoms with Gasteiger partial charge in [-0.1, -0.05) is 12.1 Å². The molecular formula is C15H11F5N4O3. The number of nitrogens with one attached hydrogen (secondary N) is 2. The van der Waals surface area contributed by atoms with Crippen LogP contribution < -0.4 is 16.0 Å². The minimum Gasteiger partial charge on any atom is -0.406 e. The number of H-pyrrole nitrogens is 2. The highest BCUT2D eigenvalue weighted by Crippen LogP contribution is 2.29. The number of halogens is 5. The van der Waals surface area contributed by atoms with Crippen LogP contribution in [0.4, 0.5) is 22.0 Å². The van der Waals surface area contributed by atoms with Crippen LogP contribution in [0.5, 0.6) is 5.75 Å². The van der Waals surface area contributed by atoms with Crippen molar-refractivity contribution in [1.29, 1.82) is 0 Å². The second-order valence-corrected chi connectivity index (χ2v) is 5.56. The molecule has 0 aliphatic rings. The molecule has 0 aliphatic heterocycles. The first-order valence-electron chi connectivity index (χ1n) is 7.45. The minimum absolute atomic E-state index is 0.220. The first kappa shape index (κ1) is 18.6. The standard InChI is InChI=1S/C15H11F5N4O3/c1-6(7-2-4-8(5-3-7)27-15(18,19)20)24-12-9(10(23-24)11(16)17)13(25)22-14(26)21-12/h2-6,11H,1H3,(H2,21,22,25,26)/t6-/m1/s1. The summed E-state index contributed by atoms with van der Waals surface area (Å²) >= 11 is 0. The van der Waals surface area contributed by atoms with Gasteiger partial charge in [-0.05, 0) is 24.6 Å². The van der Waals surface area contributed by atoms with Gasteiger partial charge in [-0.3, -0.25) is 14.8 Å². The molecule has 0 spiro atoms. The van der Waals surface area contributed by atoms with Gasteiger partial charge in [0, 0.05) is 0 Å². The van der Waals surface area contributed by atoms with E-state index >= 15 is 0 Å². The Balaban J connectivity index is 2.07. The number of alkyl halides is 5. The molecule has 2 N–H and O–H groups in total. The third kappa shape index (κ3) is 3.68. The Kier molecular flexibility index (Phi) is 4.49. The van der Waals surface area contributed by atoms with Crippen molar-refractivity contribution in [3.8, 4) is 5.75 Å². The van der Waals surface area contributed by atoms with Crippen molar-refractivity contribution in [2.24, 2.45) is 0 Å². The van der Waals surface area contributed by atoms with Crippen LogP contribution >= 0.6 is 0 Å². The van der Waals surface area contributed by atoms with Crippen molar-refractivity contribution in [2.45, 2.75) is 25.8 Å². The van der Waals surface area contributed by atoms with E-state index in [2.05, 4.69) is 14.8 Å². The molecule has 0 saturated heterocycles. The summed E-state index contributed by atoms with van der Waals surface area (Å²) < 4.78 is 67.9. The van der Waals surface area contributed by atoms with Crippen LogP contribution in [0.2, 0.25) is 0 Å². The fourth-order valence-corrected chi connectivity index (χ4v) is 2.62. The summed E-state index contributed by atoms with van der Waals surface area (Å²) in [6.45, 7) is 1.51. The Morgan fingerprint density at radius 3 is 2.30 bits per heavy atom. The number of nitrogens with zero attached hydrogens (tertiary/aromatic N) is 2. The quantitative estimate of drug-likeness (QED) is 0.670. The number of rotatable bonds is 4. The number of benzene rings is 1. The van der Waals surface area contributed by atoms with E-state index in [4.69, 9.17) is 0 Å². The van der Waals surface area contributed by atoms with Gasteiger partial charge < -0.3 is 4.74 Å². The predicted octanol–water partition coefficient (Wildman–Crippen LogP) is 2.86. The fourth-order valence-electron chi connectivity index (χ4n) is 2.62. The smallest absolute Gasteiger partial charge is 0.406 e. The molecule has 0 amide bonds. The van der Waals surface area contributed by atoms with E-state index in [1.807, 2.05) is 4.98 Å². The molecule has 0 bridgehead atoms.